The Morgan fingerprint density at radius 2 is 1.81 bits per heavy atom. The molecule has 1 fully saturated rings. The normalized spacial score (nSPS) is 18.3. The van der Waals surface area contributed by atoms with E-state index in [4.69, 9.17) is 9.47 Å². The third-order valence-corrected chi connectivity index (χ3v) is 5.59. The summed E-state index contributed by atoms with van der Waals surface area (Å²) in [4.78, 5) is 31.5. The number of aromatic nitrogens is 1. The van der Waals surface area contributed by atoms with Gasteiger partial charge in [-0.05, 0) is 47.7 Å². The maximum Gasteiger partial charge on any atom is 0.295 e. The molecule has 0 bridgehead atoms. The standard InChI is InChI=1S/C25H30N2O5/c1-25(2,3)18-15-17(7-8-19(18)32-5)22(28)20-21(16-9-11-26-12-10-16)27(13-6-14-31-4)24(30)23(20)29/h7-12,15,21,28H,6,13-14H2,1-5H3/b22-20-. The molecule has 1 aromatic carbocycles. The predicted octanol–water partition coefficient (Wildman–Crippen LogP) is 3.85. The number of ether oxygens (including phenoxy) is 2. The number of amides is 1. The molecule has 7 nitrogen and oxygen atoms in total. The summed E-state index contributed by atoms with van der Waals surface area (Å²) in [6.07, 6.45) is 3.78. The lowest BCUT2D eigenvalue weighted by Gasteiger charge is -2.25. The fourth-order valence-electron chi connectivity index (χ4n) is 3.98. The number of benzene rings is 1. The molecule has 0 aliphatic carbocycles. The highest BCUT2D eigenvalue weighted by atomic mass is 16.5. The number of aliphatic hydroxyl groups is 1. The van der Waals surface area contributed by atoms with Gasteiger partial charge in [0.15, 0.2) is 0 Å². The summed E-state index contributed by atoms with van der Waals surface area (Å²) in [5.74, 6) is -0.837. The summed E-state index contributed by atoms with van der Waals surface area (Å²) in [6, 6.07) is 8.09. The number of carbonyl (C=O) groups is 2. The van der Waals surface area contributed by atoms with Crippen LogP contribution in [0.4, 0.5) is 0 Å². The van der Waals surface area contributed by atoms with Gasteiger partial charge in [0.1, 0.15) is 11.5 Å². The second kappa shape index (κ2) is 9.53. The molecule has 32 heavy (non-hydrogen) atoms. The molecule has 170 valence electrons. The van der Waals surface area contributed by atoms with Gasteiger partial charge in [0, 0.05) is 43.8 Å². The predicted molar refractivity (Wildman–Crippen MR) is 121 cm³/mol. The highest BCUT2D eigenvalue weighted by Crippen LogP contribution is 2.40. The van der Waals surface area contributed by atoms with Crippen molar-refractivity contribution in [2.75, 3.05) is 27.4 Å². The second-order valence-electron chi connectivity index (χ2n) is 8.78. The van der Waals surface area contributed by atoms with Crippen molar-refractivity contribution >= 4 is 17.4 Å². The Hall–Kier alpha value is -3.19. The Kier molecular flexibility index (Phi) is 6.99. The first-order valence-electron chi connectivity index (χ1n) is 10.6. The van der Waals surface area contributed by atoms with Gasteiger partial charge < -0.3 is 19.5 Å². The Morgan fingerprint density at radius 1 is 1.12 bits per heavy atom. The molecule has 0 spiro atoms. The number of hydrogen-bond acceptors (Lipinski definition) is 6. The number of hydrogen-bond donors (Lipinski definition) is 1. The fraction of sp³-hybridized carbons (Fsp3) is 0.400. The minimum atomic E-state index is -0.699. The minimum absolute atomic E-state index is 0.0728. The highest BCUT2D eigenvalue weighted by molar-refractivity contribution is 6.46. The summed E-state index contributed by atoms with van der Waals surface area (Å²) >= 11 is 0. The topological polar surface area (TPSA) is 89.0 Å². The van der Waals surface area contributed by atoms with Crippen molar-refractivity contribution < 1.29 is 24.2 Å². The molecule has 1 N–H and O–H groups in total. The van der Waals surface area contributed by atoms with Gasteiger partial charge in [-0.15, -0.1) is 0 Å². The van der Waals surface area contributed by atoms with E-state index in [0.717, 1.165) is 5.56 Å². The molecule has 2 aromatic rings. The Morgan fingerprint density at radius 3 is 2.41 bits per heavy atom. The van der Waals surface area contributed by atoms with Crippen molar-refractivity contribution in [1.82, 2.24) is 9.88 Å². The van der Waals surface area contributed by atoms with Gasteiger partial charge >= 0.3 is 0 Å². The molecule has 1 aliphatic rings. The lowest BCUT2D eigenvalue weighted by molar-refractivity contribution is -0.140. The van der Waals surface area contributed by atoms with Crippen LogP contribution in [-0.2, 0) is 19.7 Å². The summed E-state index contributed by atoms with van der Waals surface area (Å²) in [7, 11) is 3.18. The van der Waals surface area contributed by atoms with Crippen molar-refractivity contribution in [2.45, 2.75) is 38.6 Å². The summed E-state index contributed by atoms with van der Waals surface area (Å²) < 4.78 is 10.6. The molecule has 1 amide bonds. The number of Topliss-reactive ketones (excluding diaryl/α,β-unsaturated/α-hetero) is 1. The smallest absolute Gasteiger partial charge is 0.295 e. The first-order chi connectivity index (χ1) is 15.2. The Bertz CT molecular complexity index is 1020. The molecule has 1 aromatic heterocycles. The molecule has 1 unspecified atom stereocenters. The quantitative estimate of drug-likeness (QED) is 0.306. The largest absolute Gasteiger partial charge is 0.507 e. The zero-order chi connectivity index (χ0) is 23.5. The molecular weight excluding hydrogens is 408 g/mol. The van der Waals surface area contributed by atoms with E-state index in [0.29, 0.717) is 36.4 Å². The number of likely N-dealkylation sites (tertiary alicyclic amines) is 1. The highest BCUT2D eigenvalue weighted by Gasteiger charge is 2.45. The van der Waals surface area contributed by atoms with E-state index >= 15 is 0 Å². The van der Waals surface area contributed by atoms with Crippen molar-refractivity contribution in [2.24, 2.45) is 0 Å². The third kappa shape index (κ3) is 4.53. The summed E-state index contributed by atoms with van der Waals surface area (Å²) in [5.41, 5.74) is 1.88. The molecule has 1 aliphatic heterocycles. The Balaban J connectivity index is 2.16. The number of ketones is 1. The molecule has 0 radical (unpaired) electrons. The maximum absolute atomic E-state index is 13.1. The van der Waals surface area contributed by atoms with Gasteiger partial charge in [-0.3, -0.25) is 14.6 Å². The van der Waals surface area contributed by atoms with E-state index in [1.165, 1.54) is 4.90 Å². The molecule has 0 saturated carbocycles. The van der Waals surface area contributed by atoms with Crippen LogP contribution in [0.2, 0.25) is 0 Å². The fourth-order valence-corrected chi connectivity index (χ4v) is 3.98. The number of pyridine rings is 1. The number of rotatable bonds is 7. The number of aliphatic hydroxyl groups excluding tert-OH is 1. The lowest BCUT2D eigenvalue weighted by Crippen LogP contribution is -2.31. The van der Waals surface area contributed by atoms with Gasteiger partial charge in [-0.25, -0.2) is 0 Å². The van der Waals surface area contributed by atoms with Crippen LogP contribution < -0.4 is 4.74 Å². The molecule has 3 rings (SSSR count). The van der Waals surface area contributed by atoms with Crippen LogP contribution in [0, 0.1) is 0 Å². The number of nitrogens with zero attached hydrogens (tertiary/aromatic N) is 2. The lowest BCUT2D eigenvalue weighted by atomic mass is 9.84. The van der Waals surface area contributed by atoms with Crippen molar-refractivity contribution in [3.8, 4) is 5.75 Å². The van der Waals surface area contributed by atoms with E-state index in [1.54, 1.807) is 50.9 Å². The molecule has 1 saturated heterocycles. The third-order valence-electron chi connectivity index (χ3n) is 5.59. The average molecular weight is 439 g/mol. The van der Waals surface area contributed by atoms with E-state index < -0.39 is 17.7 Å². The zero-order valence-corrected chi connectivity index (χ0v) is 19.2. The Labute approximate surface area is 188 Å². The monoisotopic (exact) mass is 438 g/mol. The summed E-state index contributed by atoms with van der Waals surface area (Å²) in [6.45, 7) is 6.92. The van der Waals surface area contributed by atoms with Crippen molar-refractivity contribution in [1.29, 1.82) is 0 Å². The van der Waals surface area contributed by atoms with Crippen LogP contribution in [0.1, 0.15) is 49.9 Å². The van der Waals surface area contributed by atoms with Gasteiger partial charge in [-0.1, -0.05) is 20.8 Å². The maximum atomic E-state index is 13.1. The van der Waals surface area contributed by atoms with Crippen molar-refractivity contribution in [3.63, 3.8) is 0 Å². The van der Waals surface area contributed by atoms with Crippen LogP contribution in [0.15, 0.2) is 48.3 Å². The van der Waals surface area contributed by atoms with E-state index in [-0.39, 0.29) is 16.7 Å². The number of methoxy groups -OCH3 is 2. The van der Waals surface area contributed by atoms with Gasteiger partial charge in [0.05, 0.1) is 18.7 Å². The number of carbonyl (C=O) groups excluding carboxylic acids is 2. The van der Waals surface area contributed by atoms with Crippen LogP contribution in [-0.4, -0.2) is 54.1 Å². The first-order valence-corrected chi connectivity index (χ1v) is 10.6. The molecule has 2 heterocycles. The van der Waals surface area contributed by atoms with Crippen LogP contribution in [0.5, 0.6) is 5.75 Å². The van der Waals surface area contributed by atoms with Crippen LogP contribution in [0.3, 0.4) is 0 Å². The molecular formula is C25H30N2O5. The summed E-state index contributed by atoms with van der Waals surface area (Å²) in [5, 5.41) is 11.3. The SMILES string of the molecule is COCCCN1C(=O)C(=O)/C(=C(\O)c2ccc(OC)c(C(C)(C)C)c2)C1c1ccncc1. The van der Waals surface area contributed by atoms with E-state index in [2.05, 4.69) is 4.98 Å². The molecule has 1 atom stereocenters. The zero-order valence-electron chi connectivity index (χ0n) is 19.2. The van der Waals surface area contributed by atoms with Gasteiger partial charge in [0.25, 0.3) is 11.7 Å². The minimum Gasteiger partial charge on any atom is -0.507 e. The first kappa shape index (κ1) is 23.5. The van der Waals surface area contributed by atoms with E-state index in [1.807, 2.05) is 26.8 Å². The van der Waals surface area contributed by atoms with Crippen molar-refractivity contribution in [3.05, 3.63) is 65.0 Å². The van der Waals surface area contributed by atoms with Crippen LogP contribution >= 0.6 is 0 Å². The average Bonchev–Trinajstić information content (AvgIpc) is 3.03. The van der Waals surface area contributed by atoms with E-state index in [9.17, 15) is 14.7 Å². The molecule has 7 heteroatoms. The van der Waals surface area contributed by atoms with Crippen LogP contribution in [0.25, 0.3) is 5.76 Å². The second-order valence-corrected chi connectivity index (χ2v) is 8.78. The van der Waals surface area contributed by atoms with Gasteiger partial charge in [0.2, 0.25) is 0 Å². The van der Waals surface area contributed by atoms with Gasteiger partial charge in [-0.2, -0.15) is 0 Å².